The van der Waals surface area contributed by atoms with Crippen LogP contribution in [-0.2, 0) is 0 Å². The normalized spacial score (nSPS) is 33.5. The Bertz CT molecular complexity index is 425. The topological polar surface area (TPSA) is 38.0 Å². The van der Waals surface area contributed by atoms with Gasteiger partial charge in [-0.15, -0.1) is 0 Å². The molecule has 2 aliphatic rings. The van der Waals surface area contributed by atoms with E-state index in [1.807, 2.05) is 0 Å². The minimum absolute atomic E-state index is 0.218. The maximum atomic E-state index is 6.17. The highest BCUT2D eigenvalue weighted by atomic mass is 14.9. The van der Waals surface area contributed by atoms with Crippen LogP contribution in [0.2, 0.25) is 0 Å². The second kappa shape index (κ2) is 3.82. The van der Waals surface area contributed by atoms with Crippen LogP contribution in [-0.4, -0.2) is 6.54 Å². The van der Waals surface area contributed by atoms with Gasteiger partial charge < -0.3 is 11.1 Å². The fourth-order valence-electron chi connectivity index (χ4n) is 3.08. The standard InChI is InChI=1S/C15H22N2/c1-15(2)8-10(15)9-17-14-7-13(16)11-5-3-4-6-12(11)14/h3-6,10,13-14,17H,7-9,16H2,1-2H3. The van der Waals surface area contributed by atoms with E-state index in [0.29, 0.717) is 11.5 Å². The Hall–Kier alpha value is -0.860. The van der Waals surface area contributed by atoms with E-state index in [1.165, 1.54) is 17.5 Å². The van der Waals surface area contributed by atoms with E-state index in [0.717, 1.165) is 18.9 Å². The van der Waals surface area contributed by atoms with E-state index in [2.05, 4.69) is 43.4 Å². The van der Waals surface area contributed by atoms with Gasteiger partial charge in [0.1, 0.15) is 0 Å². The fourth-order valence-corrected chi connectivity index (χ4v) is 3.08. The van der Waals surface area contributed by atoms with Gasteiger partial charge in [-0.3, -0.25) is 0 Å². The summed E-state index contributed by atoms with van der Waals surface area (Å²) in [5, 5.41) is 3.71. The molecule has 0 saturated heterocycles. The molecule has 2 aliphatic carbocycles. The van der Waals surface area contributed by atoms with Crippen LogP contribution in [0.25, 0.3) is 0 Å². The molecule has 0 radical (unpaired) electrons. The van der Waals surface area contributed by atoms with Gasteiger partial charge in [0.05, 0.1) is 0 Å². The van der Waals surface area contributed by atoms with Crippen molar-refractivity contribution < 1.29 is 0 Å². The largest absolute Gasteiger partial charge is 0.324 e. The van der Waals surface area contributed by atoms with Crippen LogP contribution >= 0.6 is 0 Å². The Morgan fingerprint density at radius 1 is 1.29 bits per heavy atom. The lowest BCUT2D eigenvalue weighted by molar-refractivity contribution is 0.452. The SMILES string of the molecule is CC1(C)CC1CNC1CC(N)c2ccccc21. The molecule has 3 atom stereocenters. The molecule has 1 fully saturated rings. The molecule has 92 valence electrons. The second-order valence-electron chi connectivity index (χ2n) is 6.32. The third-order valence-corrected chi connectivity index (χ3v) is 4.59. The van der Waals surface area contributed by atoms with Crippen molar-refractivity contribution in [3.8, 4) is 0 Å². The summed E-state index contributed by atoms with van der Waals surface area (Å²) in [5.74, 6) is 0.853. The first-order valence-corrected chi connectivity index (χ1v) is 6.66. The van der Waals surface area contributed by atoms with Gasteiger partial charge in [-0.25, -0.2) is 0 Å². The van der Waals surface area contributed by atoms with Crippen molar-refractivity contribution in [3.05, 3.63) is 35.4 Å². The first-order valence-electron chi connectivity index (χ1n) is 6.66. The molecule has 0 spiro atoms. The van der Waals surface area contributed by atoms with Crippen molar-refractivity contribution in [3.63, 3.8) is 0 Å². The first kappa shape index (κ1) is 11.2. The molecule has 0 heterocycles. The second-order valence-corrected chi connectivity index (χ2v) is 6.32. The summed E-state index contributed by atoms with van der Waals surface area (Å²) in [7, 11) is 0. The number of hydrogen-bond acceptors (Lipinski definition) is 2. The zero-order chi connectivity index (χ0) is 12.0. The van der Waals surface area contributed by atoms with Crippen molar-refractivity contribution in [1.29, 1.82) is 0 Å². The third-order valence-electron chi connectivity index (χ3n) is 4.59. The summed E-state index contributed by atoms with van der Waals surface area (Å²) in [6, 6.07) is 9.28. The number of benzene rings is 1. The van der Waals surface area contributed by atoms with Crippen LogP contribution in [0.3, 0.4) is 0 Å². The van der Waals surface area contributed by atoms with Gasteiger partial charge in [0.15, 0.2) is 0 Å². The molecule has 1 aromatic rings. The van der Waals surface area contributed by atoms with Crippen LogP contribution in [0.5, 0.6) is 0 Å². The Balaban J connectivity index is 1.66. The highest BCUT2D eigenvalue weighted by Crippen LogP contribution is 2.51. The van der Waals surface area contributed by atoms with E-state index in [4.69, 9.17) is 5.73 Å². The summed E-state index contributed by atoms with van der Waals surface area (Å²) in [5.41, 5.74) is 9.48. The molecular weight excluding hydrogens is 208 g/mol. The average Bonchev–Trinajstić information content (AvgIpc) is 2.78. The minimum atomic E-state index is 0.218. The van der Waals surface area contributed by atoms with Crippen molar-refractivity contribution in [2.45, 2.75) is 38.8 Å². The molecule has 1 aromatic carbocycles. The molecule has 3 unspecified atom stereocenters. The van der Waals surface area contributed by atoms with Crippen LogP contribution in [0.4, 0.5) is 0 Å². The van der Waals surface area contributed by atoms with Crippen molar-refractivity contribution in [2.24, 2.45) is 17.1 Å². The van der Waals surface area contributed by atoms with Crippen LogP contribution in [0, 0.1) is 11.3 Å². The summed E-state index contributed by atoms with van der Waals surface area (Å²) in [4.78, 5) is 0. The number of nitrogens with two attached hydrogens (primary N) is 1. The van der Waals surface area contributed by atoms with Crippen molar-refractivity contribution >= 4 is 0 Å². The average molecular weight is 230 g/mol. The number of fused-ring (bicyclic) bond motifs is 1. The minimum Gasteiger partial charge on any atom is -0.324 e. The van der Waals surface area contributed by atoms with Crippen LogP contribution < -0.4 is 11.1 Å². The third kappa shape index (κ3) is 2.00. The van der Waals surface area contributed by atoms with Gasteiger partial charge in [0.2, 0.25) is 0 Å². The predicted molar refractivity (Wildman–Crippen MR) is 70.6 cm³/mol. The highest BCUT2D eigenvalue weighted by Gasteiger charge is 2.45. The Morgan fingerprint density at radius 3 is 2.59 bits per heavy atom. The molecule has 0 bridgehead atoms. The molecule has 0 amide bonds. The van der Waals surface area contributed by atoms with Gasteiger partial charge in [-0.2, -0.15) is 0 Å². The molecule has 3 N–H and O–H groups in total. The van der Waals surface area contributed by atoms with E-state index >= 15 is 0 Å². The lowest BCUT2D eigenvalue weighted by atomic mass is 10.1. The van der Waals surface area contributed by atoms with E-state index in [-0.39, 0.29) is 6.04 Å². The molecule has 1 saturated carbocycles. The monoisotopic (exact) mass is 230 g/mol. The van der Waals surface area contributed by atoms with Crippen molar-refractivity contribution in [1.82, 2.24) is 5.32 Å². The fraction of sp³-hybridized carbons (Fsp3) is 0.600. The number of nitrogens with one attached hydrogen (secondary N) is 1. The molecule has 0 aliphatic heterocycles. The van der Waals surface area contributed by atoms with Crippen LogP contribution in [0.1, 0.15) is 49.9 Å². The quantitative estimate of drug-likeness (QED) is 0.838. The Labute approximate surface area is 104 Å². The van der Waals surface area contributed by atoms with E-state index in [1.54, 1.807) is 0 Å². The van der Waals surface area contributed by atoms with Crippen LogP contribution in [0.15, 0.2) is 24.3 Å². The molecular formula is C15H22N2. The van der Waals surface area contributed by atoms with Gasteiger partial charge in [-0.1, -0.05) is 38.1 Å². The van der Waals surface area contributed by atoms with Gasteiger partial charge in [-0.05, 0) is 41.8 Å². The molecule has 2 heteroatoms. The number of hydrogen-bond donors (Lipinski definition) is 2. The molecule has 17 heavy (non-hydrogen) atoms. The Kier molecular flexibility index (Phi) is 2.53. The maximum absolute atomic E-state index is 6.17. The smallest absolute Gasteiger partial charge is 0.0341 e. The summed E-state index contributed by atoms with van der Waals surface area (Å²) >= 11 is 0. The molecule has 2 nitrogen and oxygen atoms in total. The summed E-state index contributed by atoms with van der Waals surface area (Å²) in [6.45, 7) is 5.85. The summed E-state index contributed by atoms with van der Waals surface area (Å²) in [6.07, 6.45) is 2.41. The highest BCUT2D eigenvalue weighted by molar-refractivity contribution is 5.37. The first-order chi connectivity index (χ1) is 8.08. The van der Waals surface area contributed by atoms with E-state index < -0.39 is 0 Å². The lowest BCUT2D eigenvalue weighted by Gasteiger charge is -2.14. The van der Waals surface area contributed by atoms with Crippen molar-refractivity contribution in [2.75, 3.05) is 6.54 Å². The zero-order valence-corrected chi connectivity index (χ0v) is 10.7. The zero-order valence-electron chi connectivity index (χ0n) is 10.7. The Morgan fingerprint density at radius 2 is 1.94 bits per heavy atom. The molecule has 3 rings (SSSR count). The van der Waals surface area contributed by atoms with Gasteiger partial charge >= 0.3 is 0 Å². The van der Waals surface area contributed by atoms with Gasteiger partial charge in [0, 0.05) is 12.1 Å². The maximum Gasteiger partial charge on any atom is 0.0341 e. The van der Waals surface area contributed by atoms with E-state index in [9.17, 15) is 0 Å². The molecule has 0 aromatic heterocycles. The number of rotatable bonds is 3. The summed E-state index contributed by atoms with van der Waals surface area (Å²) < 4.78 is 0. The van der Waals surface area contributed by atoms with Gasteiger partial charge in [0.25, 0.3) is 0 Å². The predicted octanol–water partition coefficient (Wildman–Crippen LogP) is 2.77. The lowest BCUT2D eigenvalue weighted by Crippen LogP contribution is -2.23.